The van der Waals surface area contributed by atoms with Gasteiger partial charge in [-0.25, -0.2) is 19.6 Å². The van der Waals surface area contributed by atoms with Crippen LogP contribution >= 0.6 is 0 Å². The van der Waals surface area contributed by atoms with Gasteiger partial charge in [0.25, 0.3) is 5.91 Å². The van der Waals surface area contributed by atoms with E-state index in [4.69, 9.17) is 10.5 Å². The maximum absolute atomic E-state index is 13.3. The van der Waals surface area contributed by atoms with Gasteiger partial charge in [0.05, 0.1) is 43.0 Å². The molecule has 0 aliphatic carbocycles. The molecule has 4 heterocycles. The van der Waals surface area contributed by atoms with E-state index in [9.17, 15) is 19.2 Å². The number of carbonyl (C=O) groups is 4. The molecule has 0 spiro atoms. The topological polar surface area (TPSA) is 189 Å². The maximum atomic E-state index is 13.3. The summed E-state index contributed by atoms with van der Waals surface area (Å²) in [4.78, 5) is 68.9. The summed E-state index contributed by atoms with van der Waals surface area (Å²) in [5.41, 5.74) is 11.0. The van der Waals surface area contributed by atoms with Crippen molar-refractivity contribution >= 4 is 24.0 Å². The number of alkyl carbamates (subject to hydrolysis) is 1. The molecule has 4 amide bonds. The first-order chi connectivity index (χ1) is 24.7. The average Bonchev–Trinajstić information content (AvgIpc) is 3.97. The summed E-state index contributed by atoms with van der Waals surface area (Å²) >= 11 is 0. The lowest BCUT2D eigenvalue weighted by Crippen LogP contribution is -2.46. The second kappa shape index (κ2) is 15.5. The fourth-order valence-electron chi connectivity index (χ4n) is 6.99. The summed E-state index contributed by atoms with van der Waals surface area (Å²) in [6, 6.07) is 15.2. The number of nitrogens with two attached hydrogens (primary N) is 1. The summed E-state index contributed by atoms with van der Waals surface area (Å²) < 4.78 is 9.77. The molecule has 0 radical (unpaired) electrons. The van der Waals surface area contributed by atoms with Crippen LogP contribution in [0.25, 0.3) is 33.6 Å². The predicted octanol–water partition coefficient (Wildman–Crippen LogP) is 5.47. The Kier molecular flexibility index (Phi) is 10.7. The van der Waals surface area contributed by atoms with Crippen molar-refractivity contribution in [2.75, 3.05) is 20.2 Å². The quantitative estimate of drug-likeness (QED) is 0.159. The number of rotatable bonds is 11. The van der Waals surface area contributed by atoms with Crippen LogP contribution in [0.5, 0.6) is 0 Å². The van der Waals surface area contributed by atoms with Gasteiger partial charge in [-0.05, 0) is 61.3 Å². The first-order valence-corrected chi connectivity index (χ1v) is 17.4. The van der Waals surface area contributed by atoms with E-state index in [0.717, 1.165) is 59.3 Å². The summed E-state index contributed by atoms with van der Waals surface area (Å²) in [7, 11) is 1.27. The monoisotopic (exact) mass is 696 g/mol. The van der Waals surface area contributed by atoms with Crippen molar-refractivity contribution in [2.24, 2.45) is 5.73 Å². The van der Waals surface area contributed by atoms with Crippen LogP contribution in [0.3, 0.4) is 0 Å². The van der Waals surface area contributed by atoms with Gasteiger partial charge in [-0.1, -0.05) is 61.9 Å². The van der Waals surface area contributed by atoms with Gasteiger partial charge in [0.2, 0.25) is 5.91 Å². The molecule has 0 saturated carbocycles. The van der Waals surface area contributed by atoms with Crippen LogP contribution in [0, 0.1) is 0 Å². The summed E-state index contributed by atoms with van der Waals surface area (Å²) in [5, 5.41) is 2.55. The first-order valence-electron chi connectivity index (χ1n) is 17.4. The minimum atomic E-state index is -0.949. The molecule has 0 bridgehead atoms. The Morgan fingerprint density at radius 1 is 0.824 bits per heavy atom. The highest BCUT2D eigenvalue weighted by molar-refractivity contribution is 5.86. The van der Waals surface area contributed by atoms with Gasteiger partial charge in [0, 0.05) is 13.1 Å². The number of ether oxygens (including phenoxy) is 2. The molecule has 14 nitrogen and oxygen atoms in total. The number of amides is 4. The van der Waals surface area contributed by atoms with Crippen LogP contribution in [0.1, 0.15) is 76.1 Å². The maximum Gasteiger partial charge on any atom is 0.407 e. The third kappa shape index (κ3) is 7.74. The van der Waals surface area contributed by atoms with E-state index in [1.807, 2.05) is 31.2 Å². The summed E-state index contributed by atoms with van der Waals surface area (Å²) in [6.07, 6.45) is 5.40. The number of nitrogens with zero attached hydrogens (tertiary/aromatic N) is 4. The molecule has 2 fully saturated rings. The number of carbonyl (C=O) groups excluding carboxylic acids is 4. The number of H-pyrrole nitrogens is 2. The zero-order valence-corrected chi connectivity index (χ0v) is 29.1. The second-order valence-electron chi connectivity index (χ2n) is 13.0. The Labute approximate surface area is 296 Å². The molecular weight excluding hydrogens is 652 g/mol. The fourth-order valence-corrected chi connectivity index (χ4v) is 6.99. The van der Waals surface area contributed by atoms with E-state index in [-0.39, 0.29) is 23.9 Å². The zero-order valence-electron chi connectivity index (χ0n) is 29.1. The number of aromatic amines is 2. The Bertz CT molecular complexity index is 1850. The van der Waals surface area contributed by atoms with Crippen molar-refractivity contribution in [1.82, 2.24) is 35.1 Å². The SMILES string of the molecule is CCC[C@H](OC(N)=O)C(=O)N1CCC[C@H]1c1ncc(-c2ccc(-c3ccc(-c4cnc(C5CCCN5C(=O)[C@H](C)NC(=O)OC)[nH]4)cc3)cc2)[nH]1. The fraction of sp³-hybridized carbons (Fsp3) is 0.405. The van der Waals surface area contributed by atoms with Gasteiger partial charge < -0.3 is 40.3 Å². The van der Waals surface area contributed by atoms with Gasteiger partial charge in [-0.15, -0.1) is 0 Å². The van der Waals surface area contributed by atoms with E-state index < -0.39 is 24.3 Å². The minimum Gasteiger partial charge on any atom is -0.453 e. The molecule has 5 N–H and O–H groups in total. The molecule has 2 aromatic heterocycles. The number of benzene rings is 2. The summed E-state index contributed by atoms with van der Waals surface area (Å²) in [5.74, 6) is 0.996. The lowest BCUT2D eigenvalue weighted by molar-refractivity contribution is -0.141. The Morgan fingerprint density at radius 3 is 1.75 bits per heavy atom. The zero-order chi connectivity index (χ0) is 36.1. The molecule has 2 aliphatic rings. The molecule has 51 heavy (non-hydrogen) atoms. The van der Waals surface area contributed by atoms with E-state index >= 15 is 0 Å². The van der Waals surface area contributed by atoms with Crippen LogP contribution in [-0.4, -0.2) is 86.1 Å². The average molecular weight is 697 g/mol. The van der Waals surface area contributed by atoms with E-state index in [1.54, 1.807) is 29.1 Å². The number of imidazole rings is 2. The molecule has 4 atom stereocenters. The molecule has 1 unspecified atom stereocenters. The number of hydrogen-bond acceptors (Lipinski definition) is 8. The summed E-state index contributed by atoms with van der Waals surface area (Å²) in [6.45, 7) is 4.73. The van der Waals surface area contributed by atoms with Crippen LogP contribution in [0.15, 0.2) is 60.9 Å². The van der Waals surface area contributed by atoms with Crippen LogP contribution in [0.4, 0.5) is 9.59 Å². The van der Waals surface area contributed by atoms with E-state index in [2.05, 4.69) is 54.3 Å². The van der Waals surface area contributed by atoms with Crippen LogP contribution in [0.2, 0.25) is 0 Å². The van der Waals surface area contributed by atoms with Crippen LogP contribution in [-0.2, 0) is 19.1 Å². The largest absolute Gasteiger partial charge is 0.453 e. The number of aromatic nitrogens is 4. The highest BCUT2D eigenvalue weighted by atomic mass is 16.6. The predicted molar refractivity (Wildman–Crippen MR) is 189 cm³/mol. The molecule has 268 valence electrons. The smallest absolute Gasteiger partial charge is 0.407 e. The molecule has 4 aromatic rings. The van der Waals surface area contributed by atoms with Gasteiger partial charge in [-0.3, -0.25) is 9.59 Å². The van der Waals surface area contributed by atoms with Crippen molar-refractivity contribution in [1.29, 1.82) is 0 Å². The highest BCUT2D eigenvalue weighted by Crippen LogP contribution is 2.35. The third-order valence-corrected chi connectivity index (χ3v) is 9.59. The molecule has 14 heteroatoms. The second-order valence-corrected chi connectivity index (χ2v) is 13.0. The van der Waals surface area contributed by atoms with Crippen molar-refractivity contribution in [3.8, 4) is 33.6 Å². The number of methoxy groups -OCH3 is 1. The van der Waals surface area contributed by atoms with Crippen molar-refractivity contribution in [2.45, 2.75) is 76.6 Å². The van der Waals surface area contributed by atoms with E-state index in [1.165, 1.54) is 7.11 Å². The minimum absolute atomic E-state index is 0.175. The van der Waals surface area contributed by atoms with Crippen molar-refractivity contribution in [3.05, 3.63) is 72.6 Å². The lowest BCUT2D eigenvalue weighted by atomic mass is 10.0. The Hall–Kier alpha value is -5.66. The molecule has 6 rings (SSSR count). The van der Waals surface area contributed by atoms with Gasteiger partial charge in [-0.2, -0.15) is 0 Å². The molecule has 2 aliphatic heterocycles. The molecular formula is C37H44N8O6. The van der Waals surface area contributed by atoms with Crippen LogP contribution < -0.4 is 11.1 Å². The highest BCUT2D eigenvalue weighted by Gasteiger charge is 2.37. The standard InChI is InChI=1S/C37H44N8O6/c1-4-7-31(51-36(38)48)35(47)45-19-6-9-30(45)33-40-21-28(43-33)26-16-12-24(13-17-26)23-10-14-25(15-11-23)27-20-39-32(42-27)29-8-5-18-44(29)34(46)22(2)41-37(49)50-3/h10-17,20-22,29-31H,4-9,18-19H2,1-3H3,(H2,38,48)(H,39,42)(H,40,43)(H,41,49)/t22-,29?,30-,31-/m0/s1. The van der Waals surface area contributed by atoms with Gasteiger partial charge >= 0.3 is 12.2 Å². The van der Waals surface area contributed by atoms with Crippen molar-refractivity contribution < 1.29 is 28.7 Å². The number of nitrogens with one attached hydrogen (secondary N) is 3. The number of hydrogen-bond donors (Lipinski definition) is 4. The first kappa shape index (κ1) is 35.2. The van der Waals surface area contributed by atoms with Crippen molar-refractivity contribution in [3.63, 3.8) is 0 Å². The molecule has 2 aromatic carbocycles. The Balaban J connectivity index is 1.10. The lowest BCUT2D eigenvalue weighted by Gasteiger charge is -2.27. The van der Waals surface area contributed by atoms with E-state index in [0.29, 0.717) is 37.6 Å². The number of primary amides is 1. The molecule has 2 saturated heterocycles. The number of likely N-dealkylation sites (tertiary alicyclic amines) is 2. The third-order valence-electron chi connectivity index (χ3n) is 9.59. The van der Waals surface area contributed by atoms with Gasteiger partial charge in [0.1, 0.15) is 17.7 Å². The normalized spacial score (nSPS) is 18.3. The Morgan fingerprint density at radius 2 is 1.29 bits per heavy atom. The van der Waals surface area contributed by atoms with Gasteiger partial charge in [0.15, 0.2) is 6.10 Å².